The molecule has 1 heterocycles. The van der Waals surface area contributed by atoms with Crippen LogP contribution < -0.4 is 11.1 Å². The normalized spacial score (nSPS) is 22.3. The molecule has 7 heteroatoms. The number of nitrogens with one attached hydrogen (secondary N) is 1. The number of ether oxygens (including phenoxy) is 1. The van der Waals surface area contributed by atoms with Gasteiger partial charge in [0, 0.05) is 24.8 Å². The highest BCUT2D eigenvalue weighted by Crippen LogP contribution is 2.31. The fourth-order valence-electron chi connectivity index (χ4n) is 2.29. The minimum atomic E-state index is -4.50. The molecule has 0 saturated carbocycles. The zero-order valence-electron chi connectivity index (χ0n) is 11.5. The van der Waals surface area contributed by atoms with Crippen molar-refractivity contribution in [1.82, 2.24) is 5.32 Å². The fourth-order valence-corrected chi connectivity index (χ4v) is 2.29. The summed E-state index contributed by atoms with van der Waals surface area (Å²) < 4.78 is 43.3. The molecular formula is C14H17F3N2O2. The van der Waals surface area contributed by atoms with Crippen molar-refractivity contribution in [3.05, 3.63) is 29.3 Å². The Kier molecular flexibility index (Phi) is 4.41. The summed E-state index contributed by atoms with van der Waals surface area (Å²) in [5, 5.41) is 2.62. The van der Waals surface area contributed by atoms with Crippen LogP contribution in [0.4, 0.5) is 18.9 Å². The lowest BCUT2D eigenvalue weighted by Gasteiger charge is -2.16. The number of amides is 1. The van der Waals surface area contributed by atoms with Gasteiger partial charge in [-0.1, -0.05) is 0 Å². The second-order valence-electron chi connectivity index (χ2n) is 5.13. The maximum absolute atomic E-state index is 12.7. The Morgan fingerprint density at radius 2 is 2.19 bits per heavy atom. The van der Waals surface area contributed by atoms with Gasteiger partial charge in [-0.05, 0) is 31.5 Å². The van der Waals surface area contributed by atoms with Crippen LogP contribution in [0.2, 0.25) is 0 Å². The van der Waals surface area contributed by atoms with E-state index in [1.165, 1.54) is 0 Å². The average molecular weight is 302 g/mol. The second-order valence-corrected chi connectivity index (χ2v) is 5.13. The zero-order chi connectivity index (χ0) is 15.6. The van der Waals surface area contributed by atoms with Gasteiger partial charge < -0.3 is 15.8 Å². The first kappa shape index (κ1) is 15.6. The van der Waals surface area contributed by atoms with Gasteiger partial charge in [0.25, 0.3) is 5.91 Å². The summed E-state index contributed by atoms with van der Waals surface area (Å²) >= 11 is 0. The molecule has 0 radical (unpaired) electrons. The molecule has 1 fully saturated rings. The van der Waals surface area contributed by atoms with Crippen molar-refractivity contribution in [2.45, 2.75) is 25.6 Å². The van der Waals surface area contributed by atoms with E-state index in [9.17, 15) is 18.0 Å². The number of hydrogen-bond donors (Lipinski definition) is 2. The Labute approximate surface area is 120 Å². The first-order valence-electron chi connectivity index (χ1n) is 6.65. The quantitative estimate of drug-likeness (QED) is 0.843. The number of alkyl halides is 3. The van der Waals surface area contributed by atoms with E-state index in [4.69, 9.17) is 10.5 Å². The van der Waals surface area contributed by atoms with Crippen LogP contribution >= 0.6 is 0 Å². The first-order chi connectivity index (χ1) is 9.79. The Bertz CT molecular complexity index is 531. The van der Waals surface area contributed by atoms with E-state index in [0.29, 0.717) is 13.2 Å². The molecular weight excluding hydrogens is 285 g/mol. The lowest BCUT2D eigenvalue weighted by Crippen LogP contribution is -2.32. The van der Waals surface area contributed by atoms with E-state index in [1.807, 2.05) is 6.92 Å². The molecule has 2 atom stereocenters. The number of rotatable bonds is 3. The van der Waals surface area contributed by atoms with Crippen molar-refractivity contribution >= 4 is 11.6 Å². The van der Waals surface area contributed by atoms with Gasteiger partial charge in [0.05, 0.1) is 17.2 Å². The van der Waals surface area contributed by atoms with Crippen LogP contribution in [0.3, 0.4) is 0 Å². The minimum absolute atomic E-state index is 0.0243. The lowest BCUT2D eigenvalue weighted by molar-refractivity contribution is -0.137. The summed E-state index contributed by atoms with van der Waals surface area (Å²) in [6, 6.07) is 2.73. The molecule has 3 N–H and O–H groups in total. The monoisotopic (exact) mass is 302 g/mol. The molecule has 0 aliphatic carbocycles. The number of hydrogen-bond acceptors (Lipinski definition) is 3. The second kappa shape index (κ2) is 5.93. The molecule has 1 aliphatic heterocycles. The molecule has 0 spiro atoms. The Morgan fingerprint density at radius 3 is 2.76 bits per heavy atom. The van der Waals surface area contributed by atoms with E-state index in [1.54, 1.807) is 0 Å². The van der Waals surface area contributed by atoms with Gasteiger partial charge >= 0.3 is 6.18 Å². The lowest BCUT2D eigenvalue weighted by atomic mass is 10.0. The highest BCUT2D eigenvalue weighted by Gasteiger charge is 2.32. The van der Waals surface area contributed by atoms with Gasteiger partial charge in [0.2, 0.25) is 0 Å². The van der Waals surface area contributed by atoms with Crippen LogP contribution in [0, 0.1) is 5.92 Å². The van der Waals surface area contributed by atoms with Crippen LogP contribution in [0.25, 0.3) is 0 Å². The third-order valence-electron chi connectivity index (χ3n) is 3.68. The molecule has 1 saturated heterocycles. The molecule has 21 heavy (non-hydrogen) atoms. The van der Waals surface area contributed by atoms with Crippen LogP contribution in [0.1, 0.15) is 29.3 Å². The molecule has 1 amide bonds. The summed E-state index contributed by atoms with van der Waals surface area (Å²) in [6.07, 6.45) is -3.65. The topological polar surface area (TPSA) is 64.3 Å². The van der Waals surface area contributed by atoms with Crippen molar-refractivity contribution in [3.8, 4) is 0 Å². The Morgan fingerprint density at radius 1 is 1.48 bits per heavy atom. The summed E-state index contributed by atoms with van der Waals surface area (Å²) in [7, 11) is 0. The molecule has 2 unspecified atom stereocenters. The number of halogens is 3. The van der Waals surface area contributed by atoms with E-state index in [2.05, 4.69) is 5.32 Å². The molecule has 2 rings (SSSR count). The van der Waals surface area contributed by atoms with E-state index < -0.39 is 17.6 Å². The minimum Gasteiger partial charge on any atom is -0.398 e. The van der Waals surface area contributed by atoms with Gasteiger partial charge in [-0.25, -0.2) is 0 Å². The van der Waals surface area contributed by atoms with Crippen LogP contribution in [-0.2, 0) is 10.9 Å². The third-order valence-corrected chi connectivity index (χ3v) is 3.68. The van der Waals surface area contributed by atoms with E-state index in [0.717, 1.165) is 24.6 Å². The average Bonchev–Trinajstić information content (AvgIpc) is 2.80. The highest BCUT2D eigenvalue weighted by atomic mass is 19.4. The Hall–Kier alpha value is -1.76. The number of benzene rings is 1. The smallest absolute Gasteiger partial charge is 0.398 e. The van der Waals surface area contributed by atoms with Crippen molar-refractivity contribution in [1.29, 1.82) is 0 Å². The van der Waals surface area contributed by atoms with Crippen molar-refractivity contribution < 1.29 is 22.7 Å². The molecule has 1 aliphatic rings. The van der Waals surface area contributed by atoms with Gasteiger partial charge in [-0.15, -0.1) is 0 Å². The number of nitrogen functional groups attached to an aromatic ring is 1. The Balaban J connectivity index is 2.08. The first-order valence-corrected chi connectivity index (χ1v) is 6.65. The molecule has 4 nitrogen and oxygen atoms in total. The fraction of sp³-hybridized carbons (Fsp3) is 0.500. The van der Waals surface area contributed by atoms with Gasteiger partial charge in [0.1, 0.15) is 0 Å². The standard InChI is InChI=1S/C14H17F3N2O2/c1-8-9(4-5-21-8)7-19-13(20)11-6-10(14(15,16)17)2-3-12(11)18/h2-3,6,8-9H,4-5,7,18H2,1H3,(H,19,20). The van der Waals surface area contributed by atoms with Crippen LogP contribution in [-0.4, -0.2) is 25.2 Å². The summed E-state index contributed by atoms with van der Waals surface area (Å²) in [4.78, 5) is 12.0. The number of carbonyl (C=O) groups excluding carboxylic acids is 1. The van der Waals surface area contributed by atoms with Crippen LogP contribution in [0.15, 0.2) is 18.2 Å². The molecule has 116 valence electrons. The third kappa shape index (κ3) is 3.66. The van der Waals surface area contributed by atoms with E-state index in [-0.39, 0.29) is 23.3 Å². The summed E-state index contributed by atoms with van der Waals surface area (Å²) in [5.74, 6) is -0.432. The van der Waals surface area contributed by atoms with Crippen molar-refractivity contribution in [2.75, 3.05) is 18.9 Å². The van der Waals surface area contributed by atoms with E-state index >= 15 is 0 Å². The van der Waals surface area contributed by atoms with Crippen molar-refractivity contribution in [3.63, 3.8) is 0 Å². The van der Waals surface area contributed by atoms with Crippen molar-refractivity contribution in [2.24, 2.45) is 5.92 Å². The summed E-state index contributed by atoms with van der Waals surface area (Å²) in [6.45, 7) is 2.89. The van der Waals surface area contributed by atoms with Gasteiger partial charge in [-0.3, -0.25) is 4.79 Å². The maximum Gasteiger partial charge on any atom is 0.416 e. The summed E-state index contributed by atoms with van der Waals surface area (Å²) in [5.41, 5.74) is 4.57. The zero-order valence-corrected chi connectivity index (χ0v) is 11.5. The van der Waals surface area contributed by atoms with Gasteiger partial charge in [0.15, 0.2) is 0 Å². The molecule has 0 aromatic heterocycles. The molecule has 0 bridgehead atoms. The predicted molar refractivity (Wildman–Crippen MR) is 71.7 cm³/mol. The number of carbonyl (C=O) groups is 1. The maximum atomic E-state index is 12.7. The highest BCUT2D eigenvalue weighted by molar-refractivity contribution is 5.99. The molecule has 1 aromatic rings. The SMILES string of the molecule is CC1OCCC1CNC(=O)c1cc(C(F)(F)F)ccc1N. The predicted octanol–water partition coefficient (Wildman–Crippen LogP) is 2.44. The van der Waals surface area contributed by atoms with Crippen LogP contribution in [0.5, 0.6) is 0 Å². The largest absolute Gasteiger partial charge is 0.416 e. The number of nitrogens with two attached hydrogens (primary N) is 1. The molecule has 1 aromatic carbocycles. The number of anilines is 1. The van der Waals surface area contributed by atoms with Gasteiger partial charge in [-0.2, -0.15) is 13.2 Å².